The lowest BCUT2D eigenvalue weighted by Crippen LogP contribution is -2.36. The molecule has 2 aromatic carbocycles. The Balaban J connectivity index is 1.39. The summed E-state index contributed by atoms with van der Waals surface area (Å²) in [6.07, 6.45) is 0. The highest BCUT2D eigenvalue weighted by molar-refractivity contribution is 6.43. The van der Waals surface area contributed by atoms with E-state index in [0.29, 0.717) is 5.82 Å². The molecule has 3 rings (SSSR count). The van der Waals surface area contributed by atoms with Crippen LogP contribution in [0.15, 0.2) is 47.0 Å². The molecule has 0 spiro atoms. The molecule has 0 unspecified atom stereocenters. The highest BCUT2D eigenvalue weighted by Crippen LogP contribution is 2.33. The Morgan fingerprint density at radius 2 is 1.67 bits per heavy atom. The molecule has 0 radical (unpaired) electrons. The molecule has 0 bridgehead atoms. The van der Waals surface area contributed by atoms with Gasteiger partial charge in [0.2, 0.25) is 5.82 Å². The normalized spacial score (nSPS) is 10.5. The fourth-order valence-electron chi connectivity index (χ4n) is 2.28. The van der Waals surface area contributed by atoms with E-state index in [2.05, 4.69) is 20.8 Å². The first kappa shape index (κ1) is 21.9. The number of hydrogen-bond acceptors (Lipinski definition) is 6. The zero-order chi connectivity index (χ0) is 21.5. The molecule has 0 saturated carbocycles. The summed E-state index contributed by atoms with van der Waals surface area (Å²) in [5.41, 5.74) is 0.731. The number of benzene rings is 2. The summed E-state index contributed by atoms with van der Waals surface area (Å²) in [5, 5.41) is 9.71. The summed E-state index contributed by atoms with van der Waals surface area (Å²) in [4.78, 5) is 28.0. The first-order valence-electron chi connectivity index (χ1n) is 8.65. The van der Waals surface area contributed by atoms with Crippen LogP contribution in [0.3, 0.4) is 0 Å². The van der Waals surface area contributed by atoms with Crippen molar-refractivity contribution < 1.29 is 18.8 Å². The van der Waals surface area contributed by atoms with Crippen LogP contribution in [0.4, 0.5) is 0 Å². The second kappa shape index (κ2) is 10.3. The maximum Gasteiger partial charge on any atom is 0.316 e. The minimum absolute atomic E-state index is 0.154. The average molecular weight is 470 g/mol. The molecular weight excluding hydrogens is 455 g/mol. The summed E-state index contributed by atoms with van der Waals surface area (Å²) < 4.78 is 10.3. The summed E-state index contributed by atoms with van der Waals surface area (Å²) in [5.74, 6) is -0.571. The van der Waals surface area contributed by atoms with E-state index in [0.717, 1.165) is 5.56 Å². The number of halogens is 3. The van der Waals surface area contributed by atoms with Gasteiger partial charge in [-0.15, -0.1) is 0 Å². The van der Waals surface area contributed by atoms with E-state index in [1.54, 1.807) is 12.1 Å². The van der Waals surface area contributed by atoms with E-state index in [9.17, 15) is 9.59 Å². The second-order valence-electron chi connectivity index (χ2n) is 5.88. The van der Waals surface area contributed by atoms with Gasteiger partial charge >= 0.3 is 11.8 Å². The van der Waals surface area contributed by atoms with Crippen molar-refractivity contribution in [3.05, 3.63) is 63.4 Å². The smallest absolute Gasteiger partial charge is 0.316 e. The van der Waals surface area contributed by atoms with Gasteiger partial charge in [-0.1, -0.05) is 70.3 Å². The Bertz CT molecular complexity index is 1040. The van der Waals surface area contributed by atoms with E-state index in [4.69, 9.17) is 44.1 Å². The van der Waals surface area contributed by atoms with Gasteiger partial charge in [-0.25, -0.2) is 0 Å². The number of nitrogens with one attached hydrogen (secondary N) is 2. The predicted octanol–water partition coefficient (Wildman–Crippen LogP) is 3.62. The summed E-state index contributed by atoms with van der Waals surface area (Å²) in [6, 6.07) is 12.0. The van der Waals surface area contributed by atoms with Crippen LogP contribution in [-0.4, -0.2) is 41.7 Å². The Morgan fingerprint density at radius 3 is 2.43 bits per heavy atom. The van der Waals surface area contributed by atoms with E-state index >= 15 is 0 Å². The van der Waals surface area contributed by atoms with Crippen molar-refractivity contribution in [2.75, 3.05) is 19.7 Å². The van der Waals surface area contributed by atoms with E-state index < -0.39 is 11.8 Å². The Morgan fingerprint density at radius 1 is 0.967 bits per heavy atom. The molecule has 2 amide bonds. The molecule has 30 heavy (non-hydrogen) atoms. The van der Waals surface area contributed by atoms with Crippen LogP contribution in [0.25, 0.3) is 11.4 Å². The monoisotopic (exact) mass is 468 g/mol. The molecule has 1 aromatic heterocycles. The van der Waals surface area contributed by atoms with Gasteiger partial charge in [-0.05, 0) is 6.07 Å². The standard InChI is InChI=1S/C19H15Cl3N4O4/c20-12-8-14(22)15(9-13(12)21)29-10-16(27)23-6-7-24-18(28)19-25-17(26-30-19)11-4-2-1-3-5-11/h1-5,8-9H,6-7,10H2,(H,23,27)(H,24,28). The fraction of sp³-hybridized carbons (Fsp3) is 0.158. The van der Waals surface area contributed by atoms with Crippen molar-refractivity contribution in [2.45, 2.75) is 0 Å². The molecule has 0 aliphatic carbocycles. The number of carbonyl (C=O) groups is 2. The lowest BCUT2D eigenvalue weighted by molar-refractivity contribution is -0.123. The van der Waals surface area contributed by atoms with Crippen molar-refractivity contribution in [1.29, 1.82) is 0 Å². The van der Waals surface area contributed by atoms with Crippen molar-refractivity contribution in [2.24, 2.45) is 0 Å². The molecule has 0 fully saturated rings. The Labute approximate surface area is 186 Å². The highest BCUT2D eigenvalue weighted by Gasteiger charge is 2.15. The number of carbonyl (C=O) groups excluding carboxylic acids is 2. The van der Waals surface area contributed by atoms with E-state index in [1.165, 1.54) is 12.1 Å². The van der Waals surface area contributed by atoms with Crippen molar-refractivity contribution in [3.8, 4) is 17.1 Å². The van der Waals surface area contributed by atoms with Gasteiger partial charge < -0.3 is 19.9 Å². The second-order valence-corrected chi connectivity index (χ2v) is 7.10. The highest BCUT2D eigenvalue weighted by atomic mass is 35.5. The molecule has 0 atom stereocenters. The van der Waals surface area contributed by atoms with Crippen LogP contribution in [0.1, 0.15) is 10.7 Å². The van der Waals surface area contributed by atoms with Gasteiger partial charge in [0, 0.05) is 24.7 Å². The Kier molecular flexibility index (Phi) is 7.51. The lowest BCUT2D eigenvalue weighted by Gasteiger charge is -2.10. The van der Waals surface area contributed by atoms with Gasteiger partial charge in [0.15, 0.2) is 6.61 Å². The van der Waals surface area contributed by atoms with Crippen LogP contribution < -0.4 is 15.4 Å². The van der Waals surface area contributed by atoms with Crippen molar-refractivity contribution in [3.63, 3.8) is 0 Å². The quantitative estimate of drug-likeness (QED) is 0.385. The largest absolute Gasteiger partial charge is 0.482 e. The van der Waals surface area contributed by atoms with E-state index in [1.807, 2.05) is 18.2 Å². The number of aromatic nitrogens is 2. The van der Waals surface area contributed by atoms with Gasteiger partial charge in [0.25, 0.3) is 5.91 Å². The number of hydrogen-bond donors (Lipinski definition) is 2. The molecule has 1 heterocycles. The lowest BCUT2D eigenvalue weighted by atomic mass is 10.2. The van der Waals surface area contributed by atoms with Crippen molar-refractivity contribution in [1.82, 2.24) is 20.8 Å². The molecular formula is C19H15Cl3N4O4. The van der Waals surface area contributed by atoms with Crippen LogP contribution >= 0.6 is 34.8 Å². The van der Waals surface area contributed by atoms with Crippen molar-refractivity contribution >= 4 is 46.6 Å². The number of nitrogens with zero attached hydrogens (tertiary/aromatic N) is 2. The maximum absolute atomic E-state index is 12.1. The minimum atomic E-state index is -0.544. The van der Waals surface area contributed by atoms with Crippen LogP contribution in [0.2, 0.25) is 15.1 Å². The molecule has 156 valence electrons. The molecule has 0 saturated heterocycles. The number of amides is 2. The maximum atomic E-state index is 12.1. The van der Waals surface area contributed by atoms with Gasteiger partial charge in [-0.2, -0.15) is 4.98 Å². The predicted molar refractivity (Wildman–Crippen MR) is 112 cm³/mol. The zero-order valence-corrected chi connectivity index (χ0v) is 17.6. The summed E-state index contributed by atoms with van der Waals surface area (Å²) in [6.45, 7) is 0.0413. The molecule has 0 aliphatic rings. The van der Waals surface area contributed by atoms with Gasteiger partial charge in [-0.3, -0.25) is 9.59 Å². The Hall–Kier alpha value is -2.81. The van der Waals surface area contributed by atoms with Crippen LogP contribution in [0, 0.1) is 0 Å². The van der Waals surface area contributed by atoms with Crippen LogP contribution in [0.5, 0.6) is 5.75 Å². The first-order chi connectivity index (χ1) is 14.4. The molecule has 3 aromatic rings. The fourth-order valence-corrected chi connectivity index (χ4v) is 2.87. The zero-order valence-electron chi connectivity index (χ0n) is 15.3. The van der Waals surface area contributed by atoms with Crippen LogP contribution in [-0.2, 0) is 4.79 Å². The summed E-state index contributed by atoms with van der Waals surface area (Å²) >= 11 is 17.7. The SMILES string of the molecule is O=C(COc1cc(Cl)c(Cl)cc1Cl)NCCNC(=O)c1nc(-c2ccccc2)no1. The minimum Gasteiger partial charge on any atom is -0.482 e. The topological polar surface area (TPSA) is 106 Å². The summed E-state index contributed by atoms with van der Waals surface area (Å²) in [7, 11) is 0. The molecule has 8 nitrogen and oxygen atoms in total. The number of rotatable bonds is 8. The third-order valence-corrected chi connectivity index (χ3v) is 4.74. The third-order valence-electron chi connectivity index (χ3n) is 3.72. The first-order valence-corrected chi connectivity index (χ1v) is 9.79. The van der Waals surface area contributed by atoms with Gasteiger partial charge in [0.05, 0.1) is 15.1 Å². The van der Waals surface area contributed by atoms with E-state index in [-0.39, 0.29) is 46.4 Å². The van der Waals surface area contributed by atoms with Gasteiger partial charge in [0.1, 0.15) is 5.75 Å². The molecule has 11 heteroatoms. The third kappa shape index (κ3) is 5.85. The molecule has 2 N–H and O–H groups in total. The average Bonchev–Trinajstić information content (AvgIpc) is 3.24. The number of ether oxygens (including phenoxy) is 1. The molecule has 0 aliphatic heterocycles.